The van der Waals surface area contributed by atoms with Crippen LogP contribution < -0.4 is 0 Å². The Balaban J connectivity index is 2.80. The van der Waals surface area contributed by atoms with Crippen molar-refractivity contribution in [2.75, 3.05) is 0 Å². The van der Waals surface area contributed by atoms with Crippen LogP contribution in [0.4, 0.5) is 13.2 Å². The predicted molar refractivity (Wildman–Crippen MR) is 47.2 cm³/mol. The van der Waals surface area contributed by atoms with E-state index >= 15 is 0 Å². The van der Waals surface area contributed by atoms with Gasteiger partial charge in [-0.25, -0.2) is 13.2 Å². The molecule has 0 aliphatic heterocycles. The molecular formula is C8H9F3O3Si. The fraction of sp³-hybridized carbons (Fsp3) is 0.250. The second kappa shape index (κ2) is 4.31. The first-order chi connectivity index (χ1) is 6.79. The van der Waals surface area contributed by atoms with Gasteiger partial charge in [0, 0.05) is 6.04 Å². The minimum absolute atomic E-state index is 0.0559. The Morgan fingerprint density at radius 1 is 1.00 bits per heavy atom. The van der Waals surface area contributed by atoms with Crippen molar-refractivity contribution in [2.45, 2.75) is 12.5 Å². The molecule has 7 heteroatoms. The number of hydrogen-bond donors (Lipinski definition) is 3. The van der Waals surface area contributed by atoms with E-state index in [1.807, 2.05) is 0 Å². The van der Waals surface area contributed by atoms with Crippen molar-refractivity contribution >= 4 is 8.80 Å². The largest absolute Gasteiger partial charge is 0.493 e. The summed E-state index contributed by atoms with van der Waals surface area (Å²) in [5, 5.41) is 0. The lowest BCUT2D eigenvalue weighted by Crippen LogP contribution is -2.34. The lowest BCUT2D eigenvalue weighted by Gasteiger charge is -2.09. The van der Waals surface area contributed by atoms with Crippen molar-refractivity contribution in [1.29, 1.82) is 0 Å². The molecule has 3 nitrogen and oxygen atoms in total. The van der Waals surface area contributed by atoms with Gasteiger partial charge in [0.15, 0.2) is 17.5 Å². The van der Waals surface area contributed by atoms with Crippen LogP contribution in [0.15, 0.2) is 12.1 Å². The third kappa shape index (κ3) is 3.63. The van der Waals surface area contributed by atoms with Gasteiger partial charge in [0.1, 0.15) is 0 Å². The van der Waals surface area contributed by atoms with Gasteiger partial charge >= 0.3 is 8.80 Å². The van der Waals surface area contributed by atoms with Gasteiger partial charge in [-0.1, -0.05) is 0 Å². The summed E-state index contributed by atoms with van der Waals surface area (Å²) in [6, 6.07) is 1.11. The summed E-state index contributed by atoms with van der Waals surface area (Å²) in [7, 11) is -4.23. The standard InChI is InChI=1S/C8H9F3O3Si/c9-6-3-5(1-2-15(12,13)14)4-7(10)8(6)11/h3-4,12-14H,1-2H2. The van der Waals surface area contributed by atoms with E-state index in [0.29, 0.717) is 0 Å². The van der Waals surface area contributed by atoms with Gasteiger partial charge in [-0.2, -0.15) is 0 Å². The number of benzene rings is 1. The summed E-state index contributed by atoms with van der Waals surface area (Å²) >= 11 is 0. The number of rotatable bonds is 3. The fourth-order valence-electron chi connectivity index (χ4n) is 1.06. The molecule has 0 spiro atoms. The first-order valence-corrected chi connectivity index (χ1v) is 6.15. The highest BCUT2D eigenvalue weighted by Gasteiger charge is 2.26. The van der Waals surface area contributed by atoms with Gasteiger partial charge < -0.3 is 14.4 Å². The maximum Gasteiger partial charge on any atom is 0.493 e. The number of aryl methyl sites for hydroxylation is 1. The molecule has 84 valence electrons. The van der Waals surface area contributed by atoms with Gasteiger partial charge in [-0.3, -0.25) is 0 Å². The van der Waals surface area contributed by atoms with Crippen LogP contribution in [0.1, 0.15) is 5.56 Å². The molecule has 0 bridgehead atoms. The van der Waals surface area contributed by atoms with Crippen molar-refractivity contribution in [3.05, 3.63) is 35.1 Å². The van der Waals surface area contributed by atoms with Gasteiger partial charge in [0.05, 0.1) is 0 Å². The zero-order valence-electron chi connectivity index (χ0n) is 7.54. The molecule has 0 saturated carbocycles. The molecule has 0 aromatic heterocycles. The quantitative estimate of drug-likeness (QED) is 0.532. The number of hydrogen-bond acceptors (Lipinski definition) is 3. The highest BCUT2D eigenvalue weighted by Crippen LogP contribution is 2.16. The molecule has 0 heterocycles. The Labute approximate surface area is 84.8 Å². The monoisotopic (exact) mass is 238 g/mol. The van der Waals surface area contributed by atoms with Crippen LogP contribution in [-0.2, 0) is 6.42 Å². The van der Waals surface area contributed by atoms with E-state index in [0.717, 1.165) is 12.1 Å². The SMILES string of the molecule is O[Si](O)(O)CCc1cc(F)c(F)c(F)c1. The fourth-order valence-corrected chi connectivity index (χ4v) is 1.69. The van der Waals surface area contributed by atoms with Crippen LogP contribution >= 0.6 is 0 Å². The molecule has 15 heavy (non-hydrogen) atoms. The molecule has 0 aliphatic carbocycles. The van der Waals surface area contributed by atoms with Crippen molar-refractivity contribution in [1.82, 2.24) is 0 Å². The van der Waals surface area contributed by atoms with Crippen LogP contribution in [0.5, 0.6) is 0 Å². The smallest absolute Gasteiger partial charge is 0.390 e. The summed E-state index contributed by atoms with van der Waals surface area (Å²) < 4.78 is 37.8. The molecule has 1 aromatic carbocycles. The molecule has 0 aliphatic rings. The van der Waals surface area contributed by atoms with Crippen LogP contribution in [0.2, 0.25) is 6.04 Å². The van der Waals surface area contributed by atoms with Crippen molar-refractivity contribution in [3.63, 3.8) is 0 Å². The molecule has 1 aromatic rings. The Morgan fingerprint density at radius 3 is 1.87 bits per heavy atom. The number of halogens is 3. The molecule has 0 atom stereocenters. The molecular weight excluding hydrogens is 229 g/mol. The van der Waals surface area contributed by atoms with Crippen molar-refractivity contribution < 1.29 is 27.6 Å². The third-order valence-electron chi connectivity index (χ3n) is 1.79. The van der Waals surface area contributed by atoms with Crippen LogP contribution in [-0.4, -0.2) is 23.2 Å². The van der Waals surface area contributed by atoms with Crippen molar-refractivity contribution in [3.8, 4) is 0 Å². The molecule has 0 unspecified atom stereocenters. The van der Waals surface area contributed by atoms with Crippen LogP contribution in [0.3, 0.4) is 0 Å². The molecule has 0 saturated heterocycles. The van der Waals surface area contributed by atoms with Gasteiger partial charge in [0.2, 0.25) is 0 Å². The van der Waals surface area contributed by atoms with Gasteiger partial charge in [-0.15, -0.1) is 0 Å². The molecule has 1 rings (SSSR count). The second-order valence-electron chi connectivity index (χ2n) is 3.15. The summed E-state index contributed by atoms with van der Waals surface area (Å²) in [6.45, 7) is 0. The average Bonchev–Trinajstić information content (AvgIpc) is 2.09. The molecule has 0 fully saturated rings. The highest BCUT2D eigenvalue weighted by molar-refractivity contribution is 6.56. The van der Waals surface area contributed by atoms with E-state index < -0.39 is 32.3 Å². The second-order valence-corrected chi connectivity index (χ2v) is 5.20. The topological polar surface area (TPSA) is 60.7 Å². The normalized spacial score (nSPS) is 11.9. The van der Waals surface area contributed by atoms with Gasteiger partial charge in [0.25, 0.3) is 0 Å². The minimum atomic E-state index is -4.23. The first kappa shape index (κ1) is 12.2. The predicted octanol–water partition coefficient (Wildman–Crippen LogP) is 0.562. The van der Waals surface area contributed by atoms with Crippen molar-refractivity contribution in [2.24, 2.45) is 0 Å². The first-order valence-electron chi connectivity index (χ1n) is 4.10. The summed E-state index contributed by atoms with van der Waals surface area (Å²) in [5.74, 6) is -4.25. The zero-order valence-corrected chi connectivity index (χ0v) is 8.54. The minimum Gasteiger partial charge on any atom is -0.390 e. The zero-order chi connectivity index (χ0) is 11.6. The lowest BCUT2D eigenvalue weighted by molar-refractivity contribution is 0.227. The Morgan fingerprint density at radius 2 is 1.47 bits per heavy atom. The highest BCUT2D eigenvalue weighted by atomic mass is 28.4. The van der Waals surface area contributed by atoms with E-state index in [1.54, 1.807) is 0 Å². The maximum atomic E-state index is 12.7. The molecule has 0 radical (unpaired) electrons. The lowest BCUT2D eigenvalue weighted by atomic mass is 10.1. The summed E-state index contributed by atoms with van der Waals surface area (Å²) in [4.78, 5) is 26.0. The summed E-state index contributed by atoms with van der Waals surface area (Å²) in [5.41, 5.74) is 0.0559. The van der Waals surface area contributed by atoms with E-state index in [9.17, 15) is 13.2 Å². The molecule has 3 N–H and O–H groups in total. The van der Waals surface area contributed by atoms with E-state index in [2.05, 4.69) is 0 Å². The van der Waals surface area contributed by atoms with Gasteiger partial charge in [-0.05, 0) is 24.1 Å². The Bertz CT molecular complexity index is 342. The Kier molecular flexibility index (Phi) is 3.50. The van der Waals surface area contributed by atoms with E-state index in [-0.39, 0.29) is 12.0 Å². The average molecular weight is 238 g/mol. The van der Waals surface area contributed by atoms with E-state index in [1.165, 1.54) is 0 Å². The maximum absolute atomic E-state index is 12.7. The van der Waals surface area contributed by atoms with Crippen LogP contribution in [0.25, 0.3) is 0 Å². The van der Waals surface area contributed by atoms with Crippen LogP contribution in [0, 0.1) is 17.5 Å². The summed E-state index contributed by atoms with van der Waals surface area (Å²) in [6.07, 6.45) is -0.135. The van der Waals surface area contributed by atoms with E-state index in [4.69, 9.17) is 14.4 Å². The Hall–Kier alpha value is -0.893. The molecule has 0 amide bonds. The third-order valence-corrected chi connectivity index (χ3v) is 2.71.